The van der Waals surface area contributed by atoms with Crippen LogP contribution >= 0.6 is 0 Å². The quantitative estimate of drug-likeness (QED) is 0.522. The molecule has 1 aliphatic heterocycles. The number of fused-ring (bicyclic) bond motifs is 1. The van der Waals surface area contributed by atoms with Crippen molar-refractivity contribution in [3.8, 4) is 17.6 Å². The SMILES string of the molecule is COc1ccc2nccc(C(F)CC[C@@H]3CCN(CC#Cc4cccnc4)C[C@@H]3C(=O)O)c2c1. The van der Waals surface area contributed by atoms with E-state index in [9.17, 15) is 9.90 Å². The Labute approximate surface area is 198 Å². The number of hydrogen-bond donors (Lipinski definition) is 1. The summed E-state index contributed by atoms with van der Waals surface area (Å²) in [5.74, 6) is 5.40. The number of likely N-dealkylation sites (tertiary alicyclic amines) is 1. The minimum absolute atomic E-state index is 0.0686. The van der Waals surface area contributed by atoms with Crippen molar-refractivity contribution in [2.24, 2.45) is 11.8 Å². The summed E-state index contributed by atoms with van der Waals surface area (Å²) in [5, 5.41) is 10.6. The maximum Gasteiger partial charge on any atom is 0.308 e. The van der Waals surface area contributed by atoms with Gasteiger partial charge < -0.3 is 9.84 Å². The van der Waals surface area contributed by atoms with Crippen molar-refractivity contribution in [2.75, 3.05) is 26.7 Å². The van der Waals surface area contributed by atoms with Gasteiger partial charge in [-0.05, 0) is 73.7 Å². The molecule has 0 radical (unpaired) electrons. The normalized spacial score (nSPS) is 19.2. The molecule has 1 aliphatic rings. The van der Waals surface area contributed by atoms with Gasteiger partial charge in [0.05, 0.1) is 25.1 Å². The lowest BCUT2D eigenvalue weighted by molar-refractivity contribution is -0.146. The lowest BCUT2D eigenvalue weighted by Gasteiger charge is -2.35. The van der Waals surface area contributed by atoms with Gasteiger partial charge >= 0.3 is 5.97 Å². The van der Waals surface area contributed by atoms with Crippen LogP contribution in [0.5, 0.6) is 5.75 Å². The zero-order chi connectivity index (χ0) is 23.9. The van der Waals surface area contributed by atoms with Gasteiger partial charge in [-0.1, -0.05) is 11.8 Å². The Morgan fingerprint density at radius 3 is 2.97 bits per heavy atom. The van der Waals surface area contributed by atoms with Crippen molar-refractivity contribution in [2.45, 2.75) is 25.4 Å². The van der Waals surface area contributed by atoms with Crippen LogP contribution in [-0.4, -0.2) is 52.7 Å². The lowest BCUT2D eigenvalue weighted by Crippen LogP contribution is -2.44. The number of rotatable bonds is 7. The van der Waals surface area contributed by atoms with Crippen molar-refractivity contribution in [3.63, 3.8) is 0 Å². The summed E-state index contributed by atoms with van der Waals surface area (Å²) < 4.78 is 20.6. The molecule has 1 saturated heterocycles. The topological polar surface area (TPSA) is 75.5 Å². The van der Waals surface area contributed by atoms with Gasteiger partial charge in [0.2, 0.25) is 0 Å². The number of carboxylic acids is 1. The zero-order valence-electron chi connectivity index (χ0n) is 19.2. The number of nitrogens with zero attached hydrogens (tertiary/aromatic N) is 3. The molecule has 1 unspecified atom stereocenters. The van der Waals surface area contributed by atoms with Crippen molar-refractivity contribution < 1.29 is 19.0 Å². The second kappa shape index (κ2) is 11.1. The van der Waals surface area contributed by atoms with Crippen LogP contribution in [-0.2, 0) is 4.79 Å². The molecular weight excluding hydrogens is 433 g/mol. The van der Waals surface area contributed by atoms with Gasteiger partial charge in [-0.25, -0.2) is 4.39 Å². The number of hydrogen-bond acceptors (Lipinski definition) is 5. The molecule has 0 bridgehead atoms. The predicted octanol–water partition coefficient (Wildman–Crippen LogP) is 4.50. The smallest absolute Gasteiger partial charge is 0.308 e. The van der Waals surface area contributed by atoms with Crippen LogP contribution in [0, 0.1) is 23.7 Å². The second-order valence-electron chi connectivity index (χ2n) is 8.60. The maximum absolute atomic E-state index is 15.3. The van der Waals surface area contributed by atoms with Crippen LogP contribution in [0.1, 0.15) is 36.6 Å². The summed E-state index contributed by atoms with van der Waals surface area (Å²) in [7, 11) is 1.58. The standard InChI is InChI=1S/C27H28FN3O3/c1-34-21-7-9-26-23(16-21)22(10-13-30-26)25(28)8-6-20-11-15-31(18-24(20)27(32)33)14-3-5-19-4-2-12-29-17-19/h2,4,7,9-10,12-13,16-17,20,24-25H,6,8,11,14-15,18H2,1H3,(H,32,33)/t20-,24+,25?/m1/s1. The van der Waals surface area contributed by atoms with E-state index >= 15 is 4.39 Å². The number of benzene rings is 1. The molecule has 3 heterocycles. The minimum atomic E-state index is -1.20. The molecule has 1 aromatic carbocycles. The Balaban J connectivity index is 1.38. The fraction of sp³-hybridized carbons (Fsp3) is 0.370. The Morgan fingerprint density at radius 2 is 2.21 bits per heavy atom. The van der Waals surface area contributed by atoms with Crippen LogP contribution in [0.25, 0.3) is 10.9 Å². The fourth-order valence-corrected chi connectivity index (χ4v) is 4.59. The lowest BCUT2D eigenvalue weighted by atomic mass is 9.81. The maximum atomic E-state index is 15.3. The Morgan fingerprint density at radius 1 is 1.32 bits per heavy atom. The Bertz CT molecular complexity index is 1190. The molecule has 4 rings (SSSR count). The van der Waals surface area contributed by atoms with Gasteiger partial charge in [0, 0.05) is 36.1 Å². The van der Waals surface area contributed by atoms with Crippen LogP contribution < -0.4 is 4.74 Å². The summed E-state index contributed by atoms with van der Waals surface area (Å²) >= 11 is 0. The van der Waals surface area contributed by atoms with E-state index in [4.69, 9.17) is 4.74 Å². The van der Waals surface area contributed by atoms with Crippen molar-refractivity contribution in [1.29, 1.82) is 0 Å². The Hall–Kier alpha value is -3.50. The number of halogens is 1. The highest BCUT2D eigenvalue weighted by molar-refractivity contribution is 5.83. The number of piperidine rings is 1. The molecular formula is C27H28FN3O3. The van der Waals surface area contributed by atoms with Gasteiger partial charge in [0.1, 0.15) is 11.9 Å². The van der Waals surface area contributed by atoms with E-state index in [1.54, 1.807) is 43.9 Å². The van der Waals surface area contributed by atoms with Crippen LogP contribution in [0.3, 0.4) is 0 Å². The summed E-state index contributed by atoms with van der Waals surface area (Å²) in [6, 6.07) is 10.8. The number of alkyl halides is 1. The first-order valence-corrected chi connectivity index (χ1v) is 11.5. The molecule has 0 saturated carbocycles. The third-order valence-electron chi connectivity index (χ3n) is 6.46. The number of aliphatic carboxylic acids is 1. The molecule has 3 aromatic rings. The largest absolute Gasteiger partial charge is 0.497 e. The molecule has 6 nitrogen and oxygen atoms in total. The number of ether oxygens (including phenoxy) is 1. The van der Waals surface area contributed by atoms with Gasteiger partial charge in [0.25, 0.3) is 0 Å². The first kappa shape index (κ1) is 23.7. The molecule has 176 valence electrons. The van der Waals surface area contributed by atoms with Gasteiger partial charge in [-0.15, -0.1) is 0 Å². The number of aromatic nitrogens is 2. The van der Waals surface area contributed by atoms with E-state index in [1.165, 1.54) is 0 Å². The van der Waals surface area contributed by atoms with Crippen molar-refractivity contribution in [1.82, 2.24) is 14.9 Å². The monoisotopic (exact) mass is 461 g/mol. The summed E-state index contributed by atoms with van der Waals surface area (Å²) in [6.45, 7) is 1.68. The molecule has 0 amide bonds. The number of methoxy groups -OCH3 is 1. The molecule has 0 spiro atoms. The van der Waals surface area contributed by atoms with Crippen LogP contribution in [0.2, 0.25) is 0 Å². The van der Waals surface area contributed by atoms with E-state index < -0.39 is 18.1 Å². The van der Waals surface area contributed by atoms with Gasteiger partial charge in [0.15, 0.2) is 0 Å². The summed E-state index contributed by atoms with van der Waals surface area (Å²) in [6.07, 6.45) is 5.31. The van der Waals surface area contributed by atoms with E-state index in [1.807, 2.05) is 18.2 Å². The van der Waals surface area contributed by atoms with Crippen molar-refractivity contribution >= 4 is 16.9 Å². The summed E-state index contributed by atoms with van der Waals surface area (Å²) in [4.78, 5) is 22.4. The van der Waals surface area contributed by atoms with Crippen molar-refractivity contribution in [3.05, 3.63) is 66.1 Å². The molecule has 2 aromatic heterocycles. The number of carboxylic acid groups (broad SMARTS) is 1. The minimum Gasteiger partial charge on any atom is -0.497 e. The molecule has 7 heteroatoms. The predicted molar refractivity (Wildman–Crippen MR) is 128 cm³/mol. The van der Waals surface area contributed by atoms with E-state index in [0.717, 1.165) is 17.5 Å². The van der Waals surface area contributed by atoms with Crippen LogP contribution in [0.15, 0.2) is 55.0 Å². The third kappa shape index (κ3) is 5.70. The molecule has 1 N–H and O–H groups in total. The highest BCUT2D eigenvalue weighted by Gasteiger charge is 2.34. The highest BCUT2D eigenvalue weighted by Crippen LogP contribution is 2.35. The average Bonchev–Trinajstić information content (AvgIpc) is 2.87. The fourth-order valence-electron chi connectivity index (χ4n) is 4.59. The van der Waals surface area contributed by atoms with E-state index in [2.05, 4.69) is 26.7 Å². The number of carbonyl (C=O) groups is 1. The number of pyridine rings is 2. The average molecular weight is 462 g/mol. The second-order valence-corrected chi connectivity index (χ2v) is 8.60. The van der Waals surface area contributed by atoms with Crippen LogP contribution in [0.4, 0.5) is 4.39 Å². The molecule has 3 atom stereocenters. The molecule has 1 fully saturated rings. The molecule has 0 aliphatic carbocycles. The first-order valence-electron chi connectivity index (χ1n) is 11.5. The van der Waals surface area contributed by atoms with E-state index in [-0.39, 0.29) is 12.3 Å². The summed E-state index contributed by atoms with van der Waals surface area (Å²) in [5.41, 5.74) is 2.12. The van der Waals surface area contributed by atoms with Gasteiger partial charge in [-0.2, -0.15) is 0 Å². The molecule has 34 heavy (non-hydrogen) atoms. The van der Waals surface area contributed by atoms with Gasteiger partial charge in [-0.3, -0.25) is 19.7 Å². The zero-order valence-corrected chi connectivity index (χ0v) is 19.2. The Kier molecular flexibility index (Phi) is 7.71. The van der Waals surface area contributed by atoms with E-state index in [0.29, 0.717) is 42.8 Å². The first-order chi connectivity index (χ1) is 16.5. The third-order valence-corrected chi connectivity index (χ3v) is 6.46. The highest BCUT2D eigenvalue weighted by atomic mass is 19.1.